The number of hydrogen-bond acceptors (Lipinski definition) is 2. The Morgan fingerprint density at radius 2 is 2.33 bits per heavy atom. The zero-order valence-electron chi connectivity index (χ0n) is 7.80. The smallest absolute Gasteiger partial charge is 0.312 e. The second-order valence-corrected chi connectivity index (χ2v) is 3.30. The van der Waals surface area contributed by atoms with E-state index in [4.69, 9.17) is 10.2 Å². The van der Waals surface area contributed by atoms with Gasteiger partial charge in [-0.05, 0) is 26.2 Å². The predicted molar refractivity (Wildman–Crippen MR) is 51.9 cm³/mol. The summed E-state index contributed by atoms with van der Waals surface area (Å²) in [4.78, 5) is 10.2. The molecule has 0 radical (unpaired) electrons. The van der Waals surface area contributed by atoms with Gasteiger partial charge < -0.3 is 15.5 Å². The van der Waals surface area contributed by atoms with Gasteiger partial charge in [0.15, 0.2) is 0 Å². The fourth-order valence-corrected chi connectivity index (χ4v) is 1.12. The first kappa shape index (κ1) is 11.4. The van der Waals surface area contributed by atoms with Crippen molar-refractivity contribution in [2.45, 2.75) is 32.3 Å². The Labute approximate surface area is 76.4 Å². The number of carbonyl (C=O) groups is 1. The summed E-state index contributed by atoms with van der Waals surface area (Å²) in [6.07, 6.45) is 3.47. The van der Waals surface area contributed by atoms with Crippen molar-refractivity contribution in [3.8, 4) is 0 Å². The van der Waals surface area contributed by atoms with Gasteiger partial charge in [-0.2, -0.15) is 0 Å². The van der Waals surface area contributed by atoms with Crippen LogP contribution in [0.15, 0.2) is 0 Å². The van der Waals surface area contributed by atoms with Gasteiger partial charge in [-0.25, -0.2) is 4.79 Å². The molecule has 0 heterocycles. The lowest BCUT2D eigenvalue weighted by atomic mass is 10.2. The molecule has 2 amide bonds. The van der Waals surface area contributed by atoms with Gasteiger partial charge in [0, 0.05) is 12.6 Å². The molecule has 0 aliphatic carbocycles. The maximum absolute atomic E-state index is 10.2. The van der Waals surface area contributed by atoms with Crippen LogP contribution in [0.2, 0.25) is 0 Å². The Hall–Kier alpha value is -0.553. The summed E-state index contributed by atoms with van der Waals surface area (Å²) in [6, 6.07) is -0.442. The standard InChI is InChI=1S/C7H18N2O2Si/c1-6(11-12)4-2-3-5-9-7(8)10/h6H,2-5H2,1,12H3,(H3,8,9,10). The minimum atomic E-state index is -0.442. The van der Waals surface area contributed by atoms with Crippen LogP contribution in [0.3, 0.4) is 0 Å². The average molecular weight is 190 g/mol. The highest BCUT2D eigenvalue weighted by atomic mass is 28.2. The zero-order chi connectivity index (χ0) is 9.40. The fraction of sp³-hybridized carbons (Fsp3) is 0.857. The van der Waals surface area contributed by atoms with Crippen LogP contribution >= 0.6 is 0 Å². The third-order valence-corrected chi connectivity index (χ3v) is 2.54. The minimum Gasteiger partial charge on any atom is -0.425 e. The number of unbranched alkanes of at least 4 members (excludes halogenated alkanes) is 1. The Bertz CT molecular complexity index is 133. The van der Waals surface area contributed by atoms with Crippen molar-refractivity contribution in [2.24, 2.45) is 5.73 Å². The largest absolute Gasteiger partial charge is 0.425 e. The Morgan fingerprint density at radius 1 is 1.67 bits per heavy atom. The molecule has 0 saturated carbocycles. The predicted octanol–water partition coefficient (Wildman–Crippen LogP) is -0.489. The van der Waals surface area contributed by atoms with Crippen molar-refractivity contribution in [1.82, 2.24) is 5.32 Å². The first-order chi connectivity index (χ1) is 5.66. The van der Waals surface area contributed by atoms with Crippen LogP contribution in [0, 0.1) is 0 Å². The zero-order valence-corrected chi connectivity index (χ0v) is 9.80. The summed E-state index contributed by atoms with van der Waals surface area (Å²) in [5.74, 6) is 0. The Kier molecular flexibility index (Phi) is 6.79. The van der Waals surface area contributed by atoms with Gasteiger partial charge in [-0.3, -0.25) is 0 Å². The van der Waals surface area contributed by atoms with Crippen LogP contribution in [0.5, 0.6) is 0 Å². The van der Waals surface area contributed by atoms with Crippen LogP contribution in [-0.4, -0.2) is 29.2 Å². The van der Waals surface area contributed by atoms with Crippen molar-refractivity contribution < 1.29 is 9.22 Å². The minimum absolute atomic E-state index is 0.366. The van der Waals surface area contributed by atoms with Crippen LogP contribution in [-0.2, 0) is 4.43 Å². The highest BCUT2D eigenvalue weighted by molar-refractivity contribution is 5.98. The number of nitrogens with one attached hydrogen (secondary N) is 1. The van der Waals surface area contributed by atoms with Crippen molar-refractivity contribution in [3.63, 3.8) is 0 Å². The van der Waals surface area contributed by atoms with E-state index in [9.17, 15) is 4.79 Å². The van der Waals surface area contributed by atoms with Gasteiger partial charge in [0.2, 0.25) is 0 Å². The highest BCUT2D eigenvalue weighted by Crippen LogP contribution is 2.01. The number of carbonyl (C=O) groups excluding carboxylic acids is 1. The summed E-state index contributed by atoms with van der Waals surface area (Å²) < 4.78 is 5.20. The third-order valence-electron chi connectivity index (χ3n) is 1.74. The van der Waals surface area contributed by atoms with E-state index in [2.05, 4.69) is 12.2 Å². The topological polar surface area (TPSA) is 64.3 Å². The van der Waals surface area contributed by atoms with E-state index in [0.717, 1.165) is 29.7 Å². The molecule has 0 aliphatic heterocycles. The monoisotopic (exact) mass is 190 g/mol. The lowest BCUT2D eigenvalue weighted by Crippen LogP contribution is -2.30. The molecule has 3 N–H and O–H groups in total. The maximum Gasteiger partial charge on any atom is 0.312 e. The van der Waals surface area contributed by atoms with Crippen LogP contribution in [0.4, 0.5) is 4.79 Å². The van der Waals surface area contributed by atoms with Crippen molar-refractivity contribution in [1.29, 1.82) is 0 Å². The lowest BCUT2D eigenvalue weighted by Gasteiger charge is -2.08. The van der Waals surface area contributed by atoms with Crippen LogP contribution in [0.25, 0.3) is 0 Å². The van der Waals surface area contributed by atoms with E-state index in [1.165, 1.54) is 0 Å². The van der Waals surface area contributed by atoms with Crippen molar-refractivity contribution in [2.75, 3.05) is 6.54 Å². The molecule has 0 bridgehead atoms. The van der Waals surface area contributed by atoms with E-state index < -0.39 is 6.03 Å². The van der Waals surface area contributed by atoms with Crippen molar-refractivity contribution in [3.05, 3.63) is 0 Å². The molecule has 0 spiro atoms. The molecule has 0 fully saturated rings. The second kappa shape index (κ2) is 7.12. The lowest BCUT2D eigenvalue weighted by molar-refractivity contribution is 0.226. The highest BCUT2D eigenvalue weighted by Gasteiger charge is 1.97. The summed E-state index contributed by atoms with van der Waals surface area (Å²) in [5.41, 5.74) is 4.89. The quantitative estimate of drug-likeness (QED) is 0.438. The number of amides is 2. The molecule has 1 atom stereocenters. The Balaban J connectivity index is 3.05. The van der Waals surface area contributed by atoms with Gasteiger partial charge in [0.05, 0.1) is 0 Å². The molecule has 0 aromatic rings. The van der Waals surface area contributed by atoms with Gasteiger partial charge in [-0.1, -0.05) is 0 Å². The van der Waals surface area contributed by atoms with Crippen molar-refractivity contribution >= 4 is 16.5 Å². The molecule has 72 valence electrons. The molecular formula is C7H18N2O2Si. The fourth-order valence-electron chi connectivity index (χ4n) is 0.886. The van der Waals surface area contributed by atoms with Crippen LogP contribution in [0.1, 0.15) is 26.2 Å². The summed E-state index contributed by atoms with van der Waals surface area (Å²) >= 11 is 0. The van der Waals surface area contributed by atoms with E-state index >= 15 is 0 Å². The average Bonchev–Trinajstić information content (AvgIpc) is 2.03. The molecule has 0 saturated heterocycles. The third kappa shape index (κ3) is 7.55. The van der Waals surface area contributed by atoms with E-state index in [-0.39, 0.29) is 0 Å². The molecule has 5 heteroatoms. The molecule has 1 unspecified atom stereocenters. The molecule has 0 aromatic carbocycles. The normalized spacial score (nSPS) is 12.8. The molecular weight excluding hydrogens is 172 g/mol. The Morgan fingerprint density at radius 3 is 2.83 bits per heavy atom. The summed E-state index contributed by atoms with van der Waals surface area (Å²) in [7, 11) is 0.799. The maximum atomic E-state index is 10.2. The number of rotatable bonds is 6. The second-order valence-electron chi connectivity index (χ2n) is 2.83. The molecule has 12 heavy (non-hydrogen) atoms. The molecule has 4 nitrogen and oxygen atoms in total. The van der Waals surface area contributed by atoms with Gasteiger partial charge in [-0.15, -0.1) is 0 Å². The van der Waals surface area contributed by atoms with E-state index in [1.54, 1.807) is 0 Å². The molecule has 0 rings (SSSR count). The SMILES string of the molecule is CC(CCCCNC(N)=O)O[SiH3]. The van der Waals surface area contributed by atoms with Gasteiger partial charge in [0.1, 0.15) is 10.5 Å². The van der Waals surface area contributed by atoms with Gasteiger partial charge in [0.25, 0.3) is 0 Å². The summed E-state index contributed by atoms with van der Waals surface area (Å²) in [6.45, 7) is 2.73. The van der Waals surface area contributed by atoms with Gasteiger partial charge >= 0.3 is 6.03 Å². The summed E-state index contributed by atoms with van der Waals surface area (Å²) in [5, 5.41) is 2.54. The first-order valence-corrected chi connectivity index (χ1v) is 5.04. The number of hydrogen-bond donors (Lipinski definition) is 2. The molecule has 0 aromatic heterocycles. The number of primary amides is 1. The van der Waals surface area contributed by atoms with E-state index in [1.807, 2.05) is 0 Å². The van der Waals surface area contributed by atoms with Crippen LogP contribution < -0.4 is 11.1 Å². The van der Waals surface area contributed by atoms with E-state index in [0.29, 0.717) is 12.6 Å². The molecule has 0 aliphatic rings. The number of urea groups is 1. The number of nitrogens with two attached hydrogens (primary N) is 1. The first-order valence-electron chi connectivity index (χ1n) is 4.23.